The molecule has 1 saturated heterocycles. The third-order valence-corrected chi connectivity index (χ3v) is 9.21. The molecule has 0 amide bonds. The zero-order valence-corrected chi connectivity index (χ0v) is 26.1. The Morgan fingerprint density at radius 2 is 1.74 bits per heavy atom. The van der Waals surface area contributed by atoms with Crippen LogP contribution in [0.5, 0.6) is 17.2 Å². The van der Waals surface area contributed by atoms with E-state index in [2.05, 4.69) is 18.7 Å². The lowest BCUT2D eigenvalue weighted by molar-refractivity contribution is -0.143. The molecule has 5 rings (SSSR count). The fourth-order valence-electron chi connectivity index (χ4n) is 6.91. The van der Waals surface area contributed by atoms with Gasteiger partial charge in [-0.2, -0.15) is 0 Å². The number of carbonyl (C=O) groups excluding carboxylic acids is 1. The molecule has 1 N–H and O–H groups in total. The van der Waals surface area contributed by atoms with E-state index < -0.39 is 17.9 Å². The SMILES string of the molecule is CCc1cc(Cl)cc(CC)c1CCCC(=O)CN1C[C@H](c2ccc3c(c2C)OCO3)[C@@H](C(=O)O)[C@@H]1c1ccc(OC)cc1. The lowest BCUT2D eigenvalue weighted by Crippen LogP contribution is -2.32. The molecule has 0 unspecified atom stereocenters. The molecule has 0 aliphatic carbocycles. The second-order valence-corrected chi connectivity index (χ2v) is 11.9. The van der Waals surface area contributed by atoms with E-state index in [1.165, 1.54) is 16.7 Å². The van der Waals surface area contributed by atoms with Crippen molar-refractivity contribution in [1.29, 1.82) is 0 Å². The summed E-state index contributed by atoms with van der Waals surface area (Å²) < 4.78 is 16.6. The number of carboxylic acids is 1. The van der Waals surface area contributed by atoms with Crippen LogP contribution in [0.25, 0.3) is 0 Å². The van der Waals surface area contributed by atoms with Crippen molar-refractivity contribution in [3.05, 3.63) is 86.9 Å². The van der Waals surface area contributed by atoms with Gasteiger partial charge in [-0.1, -0.05) is 43.6 Å². The van der Waals surface area contributed by atoms with Gasteiger partial charge in [0.2, 0.25) is 6.79 Å². The number of likely N-dealkylation sites (tertiary alicyclic amines) is 1. The maximum atomic E-state index is 13.5. The number of carboxylic acid groups (broad SMARTS) is 1. The number of hydrogen-bond acceptors (Lipinski definition) is 6. The summed E-state index contributed by atoms with van der Waals surface area (Å²) in [6.45, 7) is 6.98. The molecular weight excluding hydrogens is 566 g/mol. The molecule has 8 heteroatoms. The standard InChI is InChI=1S/C35H40ClNO6/c1-5-22-16-25(36)17-23(6-2)29(22)9-7-8-26(38)18-37-19-30(28-14-15-31-34(21(28)3)43-20-42-31)32(35(39)40)33(37)24-10-12-27(41-4)13-11-24/h10-17,30,32-33H,5-9,18-20H2,1-4H3,(H,39,40)/t30-,32-,33+/m1/s1. The van der Waals surface area contributed by atoms with Crippen LogP contribution in [0.3, 0.4) is 0 Å². The molecule has 2 aliphatic rings. The molecule has 0 radical (unpaired) electrons. The predicted octanol–water partition coefficient (Wildman–Crippen LogP) is 6.94. The Kier molecular flexibility index (Phi) is 9.62. The fourth-order valence-corrected chi connectivity index (χ4v) is 7.18. The van der Waals surface area contributed by atoms with Crippen LogP contribution in [0.2, 0.25) is 5.02 Å². The van der Waals surface area contributed by atoms with Gasteiger partial charge in [-0.3, -0.25) is 14.5 Å². The Labute approximate surface area is 258 Å². The molecule has 2 aliphatic heterocycles. The van der Waals surface area contributed by atoms with Gasteiger partial charge in [0.25, 0.3) is 0 Å². The van der Waals surface area contributed by atoms with Crippen molar-refractivity contribution in [3.63, 3.8) is 0 Å². The quantitative estimate of drug-likeness (QED) is 0.239. The largest absolute Gasteiger partial charge is 0.497 e. The Morgan fingerprint density at radius 1 is 1.05 bits per heavy atom. The topological polar surface area (TPSA) is 85.3 Å². The van der Waals surface area contributed by atoms with E-state index in [1.807, 2.05) is 55.5 Å². The molecule has 3 aromatic rings. The number of aliphatic carboxylic acids is 1. The number of hydrogen-bond donors (Lipinski definition) is 1. The molecule has 7 nitrogen and oxygen atoms in total. The molecule has 0 spiro atoms. The van der Waals surface area contributed by atoms with E-state index in [-0.39, 0.29) is 25.0 Å². The predicted molar refractivity (Wildman–Crippen MR) is 167 cm³/mol. The van der Waals surface area contributed by atoms with Gasteiger partial charge in [-0.05, 0) is 96.3 Å². The van der Waals surface area contributed by atoms with E-state index in [9.17, 15) is 14.7 Å². The molecule has 0 aromatic heterocycles. The molecule has 0 saturated carbocycles. The zero-order chi connectivity index (χ0) is 30.7. The minimum atomic E-state index is -0.889. The second-order valence-electron chi connectivity index (χ2n) is 11.4. The summed E-state index contributed by atoms with van der Waals surface area (Å²) in [5.41, 5.74) is 6.41. The average molecular weight is 606 g/mol. The highest BCUT2D eigenvalue weighted by molar-refractivity contribution is 6.30. The third kappa shape index (κ3) is 6.38. The monoisotopic (exact) mass is 605 g/mol. The van der Waals surface area contributed by atoms with Crippen molar-refractivity contribution >= 4 is 23.4 Å². The van der Waals surface area contributed by atoms with Crippen LogP contribution in [0.1, 0.15) is 72.0 Å². The number of ether oxygens (including phenoxy) is 3. The van der Waals surface area contributed by atoms with Crippen LogP contribution in [0.4, 0.5) is 0 Å². The summed E-state index contributed by atoms with van der Waals surface area (Å²) in [4.78, 5) is 28.5. The highest BCUT2D eigenvalue weighted by atomic mass is 35.5. The van der Waals surface area contributed by atoms with Gasteiger partial charge in [-0.25, -0.2) is 0 Å². The second kappa shape index (κ2) is 13.4. The average Bonchev–Trinajstić information content (AvgIpc) is 3.63. The van der Waals surface area contributed by atoms with Gasteiger partial charge in [0, 0.05) is 29.9 Å². The Balaban J connectivity index is 1.39. The molecule has 0 bridgehead atoms. The van der Waals surface area contributed by atoms with E-state index in [0.717, 1.165) is 47.4 Å². The normalized spacial score (nSPS) is 19.5. The summed E-state index contributed by atoms with van der Waals surface area (Å²) in [5.74, 6) is 0.157. The van der Waals surface area contributed by atoms with Crippen LogP contribution < -0.4 is 14.2 Å². The number of halogens is 1. The first kappa shape index (κ1) is 30.9. The van der Waals surface area contributed by atoms with Crippen LogP contribution in [-0.4, -0.2) is 48.8 Å². The number of rotatable bonds is 12. The van der Waals surface area contributed by atoms with E-state index in [0.29, 0.717) is 30.2 Å². The van der Waals surface area contributed by atoms with Crippen molar-refractivity contribution in [2.24, 2.45) is 5.92 Å². The molecule has 2 heterocycles. The summed E-state index contributed by atoms with van der Waals surface area (Å²) >= 11 is 6.35. The third-order valence-electron chi connectivity index (χ3n) is 8.99. The van der Waals surface area contributed by atoms with E-state index in [4.69, 9.17) is 25.8 Å². The number of Topliss-reactive ketones (excluding diaryl/α,β-unsaturated/α-hetero) is 1. The molecule has 228 valence electrons. The first-order chi connectivity index (χ1) is 20.7. The van der Waals surface area contributed by atoms with Crippen LogP contribution in [-0.2, 0) is 28.9 Å². The number of benzene rings is 3. The Bertz CT molecular complexity index is 1460. The fraction of sp³-hybridized carbons (Fsp3) is 0.429. The van der Waals surface area contributed by atoms with E-state index >= 15 is 0 Å². The van der Waals surface area contributed by atoms with Crippen molar-refractivity contribution < 1.29 is 28.9 Å². The molecule has 3 atom stereocenters. The summed E-state index contributed by atoms with van der Waals surface area (Å²) in [6, 6.07) is 14.9. The van der Waals surface area contributed by atoms with Crippen molar-refractivity contribution in [1.82, 2.24) is 4.90 Å². The number of aryl methyl sites for hydroxylation is 2. The van der Waals surface area contributed by atoms with Gasteiger partial charge < -0.3 is 19.3 Å². The lowest BCUT2D eigenvalue weighted by Gasteiger charge is -2.27. The first-order valence-corrected chi connectivity index (χ1v) is 15.4. The van der Waals surface area contributed by atoms with Gasteiger partial charge >= 0.3 is 5.97 Å². The smallest absolute Gasteiger partial charge is 0.309 e. The Morgan fingerprint density at radius 3 is 2.37 bits per heavy atom. The highest BCUT2D eigenvalue weighted by Crippen LogP contribution is 2.49. The maximum absolute atomic E-state index is 13.5. The Hall–Kier alpha value is -3.55. The first-order valence-electron chi connectivity index (χ1n) is 15.1. The van der Waals surface area contributed by atoms with E-state index in [1.54, 1.807) is 7.11 Å². The minimum absolute atomic E-state index is 0.107. The van der Waals surface area contributed by atoms with Crippen LogP contribution >= 0.6 is 11.6 Å². The molecule has 43 heavy (non-hydrogen) atoms. The number of ketones is 1. The van der Waals surface area contributed by atoms with Crippen LogP contribution in [0.15, 0.2) is 48.5 Å². The van der Waals surface area contributed by atoms with Crippen LogP contribution in [0, 0.1) is 12.8 Å². The number of carbonyl (C=O) groups is 2. The van der Waals surface area contributed by atoms with Crippen molar-refractivity contribution in [3.8, 4) is 17.2 Å². The van der Waals surface area contributed by atoms with Gasteiger partial charge in [0.15, 0.2) is 11.5 Å². The van der Waals surface area contributed by atoms with Gasteiger partial charge in [0.05, 0.1) is 19.6 Å². The number of methoxy groups -OCH3 is 1. The highest BCUT2D eigenvalue weighted by Gasteiger charge is 2.48. The zero-order valence-electron chi connectivity index (χ0n) is 25.3. The molecular formula is C35H40ClNO6. The summed E-state index contributed by atoms with van der Waals surface area (Å²) in [7, 11) is 1.60. The van der Waals surface area contributed by atoms with Gasteiger partial charge in [-0.15, -0.1) is 0 Å². The minimum Gasteiger partial charge on any atom is -0.497 e. The van der Waals surface area contributed by atoms with Crippen molar-refractivity contribution in [2.45, 2.75) is 64.8 Å². The number of fused-ring (bicyclic) bond motifs is 1. The number of nitrogens with zero attached hydrogens (tertiary/aromatic N) is 1. The maximum Gasteiger partial charge on any atom is 0.309 e. The molecule has 1 fully saturated rings. The summed E-state index contributed by atoms with van der Waals surface area (Å²) in [6.07, 6.45) is 3.76. The summed E-state index contributed by atoms with van der Waals surface area (Å²) in [5, 5.41) is 11.4. The van der Waals surface area contributed by atoms with Gasteiger partial charge in [0.1, 0.15) is 11.5 Å². The molecule has 3 aromatic carbocycles. The van der Waals surface area contributed by atoms with Crippen molar-refractivity contribution in [2.75, 3.05) is 27.0 Å². The lowest BCUT2D eigenvalue weighted by atomic mass is 9.81.